The first kappa shape index (κ1) is 24.0. The Kier molecular flexibility index (Phi) is 4.67. The highest BCUT2D eigenvalue weighted by molar-refractivity contribution is 6.14. The normalized spacial score (nSPS) is 15.5. The van der Waals surface area contributed by atoms with Crippen LogP contribution in [0.3, 0.4) is 0 Å². The van der Waals surface area contributed by atoms with Crippen molar-refractivity contribution in [2.45, 2.75) is 17.4 Å². The number of pyridine rings is 1. The summed E-state index contributed by atoms with van der Waals surface area (Å²) in [5.41, 5.74) is 10.6. The summed E-state index contributed by atoms with van der Waals surface area (Å²) in [6, 6.07) is 58.9. The Labute approximate surface area is 256 Å². The number of rotatable bonds is 4. The Morgan fingerprint density at radius 2 is 0.977 bits per heavy atom. The summed E-state index contributed by atoms with van der Waals surface area (Å²) in [5, 5.41) is 4.03. The topological polar surface area (TPSA) is 8.29 Å². The molecule has 206 valence electrons. The van der Waals surface area contributed by atoms with Crippen molar-refractivity contribution in [1.29, 1.82) is 0 Å². The molecule has 2 heteroatoms. The van der Waals surface area contributed by atoms with Crippen molar-refractivity contribution in [3.05, 3.63) is 203 Å². The Balaban J connectivity index is 1.58. The predicted octanol–water partition coefficient (Wildman–Crippen LogP) is 8.58. The van der Waals surface area contributed by atoms with E-state index >= 15 is 0 Å². The molecule has 44 heavy (non-hydrogen) atoms. The van der Waals surface area contributed by atoms with E-state index in [1.165, 1.54) is 66.4 Å². The molecule has 0 saturated heterocycles. The minimum absolute atomic E-state index is 0.596. The van der Waals surface area contributed by atoms with Gasteiger partial charge < -0.3 is 0 Å². The van der Waals surface area contributed by atoms with E-state index in [1.807, 2.05) is 0 Å². The third-order valence-electron chi connectivity index (χ3n) is 10.4. The molecule has 2 nitrogen and oxygen atoms in total. The van der Waals surface area contributed by atoms with Crippen molar-refractivity contribution in [1.82, 2.24) is 4.40 Å². The maximum Gasteiger partial charge on any atom is 0.295 e. The molecular weight excluding hydrogens is 532 g/mol. The lowest BCUT2D eigenvalue weighted by Crippen LogP contribution is -2.55. The largest absolute Gasteiger partial charge is 0.295 e. The van der Waals surface area contributed by atoms with Gasteiger partial charge in [0, 0.05) is 21.9 Å². The molecule has 0 radical (unpaired) electrons. The fourth-order valence-electron chi connectivity index (χ4n) is 9.04. The highest BCUT2D eigenvalue weighted by Crippen LogP contribution is 2.63. The maximum atomic E-state index is 2.63. The van der Waals surface area contributed by atoms with Gasteiger partial charge in [0.2, 0.25) is 0 Å². The van der Waals surface area contributed by atoms with Crippen molar-refractivity contribution in [2.24, 2.45) is 0 Å². The molecule has 10 rings (SSSR count). The summed E-state index contributed by atoms with van der Waals surface area (Å²) in [4.78, 5) is 0. The van der Waals surface area contributed by atoms with Crippen LogP contribution < -0.4 is 4.57 Å². The smallest absolute Gasteiger partial charge is 0.225 e. The fourth-order valence-corrected chi connectivity index (χ4v) is 9.04. The van der Waals surface area contributed by atoms with E-state index in [4.69, 9.17) is 0 Å². The minimum Gasteiger partial charge on any atom is -0.225 e. The van der Waals surface area contributed by atoms with Crippen molar-refractivity contribution >= 4 is 27.3 Å². The lowest BCUT2D eigenvalue weighted by molar-refractivity contribution is -0.657. The van der Waals surface area contributed by atoms with Crippen molar-refractivity contribution in [3.8, 4) is 0 Å². The van der Waals surface area contributed by atoms with Crippen LogP contribution in [0.25, 0.3) is 27.3 Å². The molecule has 8 aromatic rings. The van der Waals surface area contributed by atoms with Crippen molar-refractivity contribution in [2.75, 3.05) is 0 Å². The first-order valence-electron chi connectivity index (χ1n) is 15.5. The highest BCUT2D eigenvalue weighted by Gasteiger charge is 2.64. The average Bonchev–Trinajstić information content (AvgIpc) is 3.66. The molecule has 0 aliphatic carbocycles. The lowest BCUT2D eigenvalue weighted by Gasteiger charge is -2.53. The van der Waals surface area contributed by atoms with Gasteiger partial charge in [0.15, 0.2) is 5.69 Å². The zero-order valence-electron chi connectivity index (χ0n) is 24.2. The maximum absolute atomic E-state index is 2.63. The zero-order chi connectivity index (χ0) is 28.9. The Morgan fingerprint density at radius 1 is 0.477 bits per heavy atom. The quantitative estimate of drug-likeness (QED) is 0.150. The second-order valence-electron chi connectivity index (χ2n) is 12.3. The molecule has 0 bridgehead atoms. The molecule has 6 aromatic carbocycles. The van der Waals surface area contributed by atoms with E-state index in [0.29, 0.717) is 0 Å². The van der Waals surface area contributed by atoms with Crippen molar-refractivity contribution in [3.63, 3.8) is 0 Å². The first-order valence-corrected chi connectivity index (χ1v) is 15.5. The monoisotopic (exact) mass is 561 g/mol. The number of para-hydroxylation sites is 1. The van der Waals surface area contributed by atoms with E-state index in [0.717, 1.165) is 6.54 Å². The molecule has 0 N–H and O–H groups in total. The summed E-state index contributed by atoms with van der Waals surface area (Å²) in [7, 11) is 0. The number of hydrogen-bond donors (Lipinski definition) is 0. The molecule has 0 saturated carbocycles. The van der Waals surface area contributed by atoms with Crippen LogP contribution in [0.15, 0.2) is 164 Å². The van der Waals surface area contributed by atoms with E-state index in [-0.39, 0.29) is 0 Å². The van der Waals surface area contributed by atoms with E-state index in [9.17, 15) is 0 Å². The van der Waals surface area contributed by atoms with Gasteiger partial charge in [0.25, 0.3) is 5.65 Å². The van der Waals surface area contributed by atoms with E-state index in [1.54, 1.807) is 0 Å². The summed E-state index contributed by atoms with van der Waals surface area (Å²) < 4.78 is 5.14. The van der Waals surface area contributed by atoms with Crippen LogP contribution in [0, 0.1) is 0 Å². The van der Waals surface area contributed by atoms with E-state index in [2.05, 4.69) is 173 Å². The van der Waals surface area contributed by atoms with Gasteiger partial charge in [-0.2, -0.15) is 4.40 Å². The molecule has 4 heterocycles. The zero-order valence-corrected chi connectivity index (χ0v) is 24.2. The summed E-state index contributed by atoms with van der Waals surface area (Å²) in [5.74, 6) is 0. The van der Waals surface area contributed by atoms with Gasteiger partial charge in [-0.15, -0.1) is 0 Å². The Hall–Kier alpha value is -5.47. The molecule has 0 atom stereocenters. The lowest BCUT2D eigenvalue weighted by atomic mass is 9.47. The van der Waals surface area contributed by atoms with Gasteiger partial charge >= 0.3 is 0 Å². The third kappa shape index (κ3) is 2.67. The molecule has 0 amide bonds. The van der Waals surface area contributed by atoms with Crippen LogP contribution in [0.4, 0.5) is 0 Å². The van der Waals surface area contributed by atoms with Crippen LogP contribution in [-0.4, -0.2) is 4.40 Å². The molecule has 0 fully saturated rings. The minimum atomic E-state index is -0.604. The molecular formula is C42H29N2+. The number of benzene rings is 6. The van der Waals surface area contributed by atoms with Crippen LogP contribution in [0.5, 0.6) is 0 Å². The summed E-state index contributed by atoms with van der Waals surface area (Å²) >= 11 is 0. The molecule has 2 aromatic heterocycles. The summed E-state index contributed by atoms with van der Waals surface area (Å²) in [6.45, 7) is 0.880. The van der Waals surface area contributed by atoms with Crippen LogP contribution >= 0.6 is 0 Å². The molecule has 0 spiro atoms. The number of aromatic nitrogens is 2. The van der Waals surface area contributed by atoms with Crippen molar-refractivity contribution < 1.29 is 4.57 Å². The Bertz CT molecular complexity index is 2310. The first-order chi connectivity index (χ1) is 21.8. The van der Waals surface area contributed by atoms with Gasteiger partial charge in [0.05, 0.1) is 10.8 Å². The molecule has 2 aliphatic heterocycles. The SMILES string of the molecule is c1ccc(C2(c3ccccc3)c3cccc4c5cccc6c5c5n(c(c[n+]5C6)C2(c2ccccc2)c2ccccc2)c34)cc1. The Morgan fingerprint density at radius 3 is 1.55 bits per heavy atom. The number of imidazole rings is 1. The number of nitrogens with zero attached hydrogens (tertiary/aromatic N) is 2. The van der Waals surface area contributed by atoms with Gasteiger partial charge in [-0.1, -0.05) is 158 Å². The van der Waals surface area contributed by atoms with Crippen LogP contribution in [0.1, 0.15) is 39.1 Å². The molecule has 0 unspecified atom stereocenters. The predicted molar refractivity (Wildman–Crippen MR) is 177 cm³/mol. The average molecular weight is 562 g/mol. The number of hydrogen-bond acceptors (Lipinski definition) is 0. The fraction of sp³-hybridized carbons (Fsp3) is 0.0714. The van der Waals surface area contributed by atoms with Gasteiger partial charge in [0.1, 0.15) is 23.7 Å². The van der Waals surface area contributed by atoms with Crippen LogP contribution in [0.2, 0.25) is 0 Å². The van der Waals surface area contributed by atoms with Gasteiger partial charge in [-0.3, -0.25) is 0 Å². The summed E-state index contributed by atoms with van der Waals surface area (Å²) in [6.07, 6.45) is 2.48. The van der Waals surface area contributed by atoms with Gasteiger partial charge in [-0.05, 0) is 22.3 Å². The second-order valence-corrected chi connectivity index (χ2v) is 12.3. The highest BCUT2D eigenvalue weighted by atomic mass is 15.2. The standard InChI is InChI=1S/C42H29N2/c1-5-16-30(17-6-1)41(31-18-7-2-8-19-31)36-26-14-25-35-34-24-13-15-29-27-43-28-37(44(39(35)36)40(43)38(29)34)42(41,32-20-9-3-10-21-32)33-22-11-4-12-23-33/h1-26,28H,27H2/q+1. The molecule has 2 aliphatic rings. The third-order valence-corrected chi connectivity index (χ3v) is 10.4. The van der Waals surface area contributed by atoms with Gasteiger partial charge in [-0.25, -0.2) is 4.57 Å². The second kappa shape index (κ2) is 8.55. The van der Waals surface area contributed by atoms with Crippen LogP contribution in [-0.2, 0) is 17.4 Å². The van der Waals surface area contributed by atoms with E-state index < -0.39 is 10.8 Å². The number of fused-ring (bicyclic) bond motifs is 1.